The summed E-state index contributed by atoms with van der Waals surface area (Å²) in [7, 11) is 0. The summed E-state index contributed by atoms with van der Waals surface area (Å²) in [6.07, 6.45) is 2.53. The van der Waals surface area contributed by atoms with Crippen molar-refractivity contribution in [3.8, 4) is 0 Å². The molecule has 0 radical (unpaired) electrons. The molecule has 1 aliphatic rings. The normalized spacial score (nSPS) is 15.9. The Morgan fingerprint density at radius 1 is 1.13 bits per heavy atom. The van der Waals surface area contributed by atoms with E-state index >= 15 is 0 Å². The number of nitrogens with zero attached hydrogens (tertiary/aromatic N) is 1. The second kappa shape index (κ2) is 8.95. The number of anilines is 1. The van der Waals surface area contributed by atoms with Crippen molar-refractivity contribution in [3.63, 3.8) is 0 Å². The first-order valence-corrected chi connectivity index (χ1v) is 9.90. The zero-order valence-electron chi connectivity index (χ0n) is 17.6. The maximum atomic E-state index is 12.6. The highest BCUT2D eigenvalue weighted by Crippen LogP contribution is 2.33. The van der Waals surface area contributed by atoms with E-state index in [-0.39, 0.29) is 12.3 Å². The van der Waals surface area contributed by atoms with Crippen molar-refractivity contribution in [1.29, 1.82) is 0 Å². The summed E-state index contributed by atoms with van der Waals surface area (Å²) >= 11 is 0. The minimum atomic E-state index is -0.960. The van der Waals surface area contributed by atoms with Gasteiger partial charge in [0.1, 0.15) is 0 Å². The predicted octanol–water partition coefficient (Wildman–Crippen LogP) is 4.14. The van der Waals surface area contributed by atoms with Crippen molar-refractivity contribution in [2.75, 3.05) is 5.32 Å². The van der Waals surface area contributed by atoms with Gasteiger partial charge >= 0.3 is 5.97 Å². The van der Waals surface area contributed by atoms with Crippen molar-refractivity contribution >= 4 is 29.5 Å². The van der Waals surface area contributed by atoms with Gasteiger partial charge in [0.25, 0.3) is 5.91 Å². The Morgan fingerprint density at radius 2 is 1.87 bits per heavy atom. The second-order valence-corrected chi connectivity index (χ2v) is 7.53. The molecule has 6 nitrogen and oxygen atoms in total. The van der Waals surface area contributed by atoms with Gasteiger partial charge < -0.3 is 15.0 Å². The summed E-state index contributed by atoms with van der Waals surface area (Å²) in [6, 6.07) is 12.8. The van der Waals surface area contributed by atoms with Crippen LogP contribution in [0.25, 0.3) is 6.08 Å². The summed E-state index contributed by atoms with van der Waals surface area (Å²) in [4.78, 5) is 38.7. The lowest BCUT2D eigenvalue weighted by molar-refractivity contribution is -0.154. The van der Waals surface area contributed by atoms with E-state index in [1.807, 2.05) is 62.4 Å². The molecule has 1 aliphatic heterocycles. The fourth-order valence-electron chi connectivity index (χ4n) is 3.56. The molecule has 2 amide bonds. The Hall–Kier alpha value is -3.41. The summed E-state index contributed by atoms with van der Waals surface area (Å²) in [6.45, 7) is 6.88. The molecular formula is C24H26N2O4. The van der Waals surface area contributed by atoms with Crippen LogP contribution < -0.4 is 5.32 Å². The lowest BCUT2D eigenvalue weighted by Crippen LogP contribution is -2.35. The van der Waals surface area contributed by atoms with Crippen LogP contribution in [0.2, 0.25) is 0 Å². The SMILES string of the molecule is CC(=O)N1C=Cc2ccccc2[C@@H]1CC(=O)O[C@H](C)C(=O)Nc1ccc(C)cc1C. The number of hydrogen-bond donors (Lipinski definition) is 1. The van der Waals surface area contributed by atoms with Gasteiger partial charge in [0, 0.05) is 18.8 Å². The van der Waals surface area contributed by atoms with Gasteiger partial charge in [0.05, 0.1) is 12.5 Å². The van der Waals surface area contributed by atoms with Crippen molar-refractivity contribution < 1.29 is 19.1 Å². The first-order chi connectivity index (χ1) is 14.3. The molecule has 156 valence electrons. The Bertz CT molecular complexity index is 1010. The number of amides is 2. The van der Waals surface area contributed by atoms with Gasteiger partial charge in [-0.1, -0.05) is 42.0 Å². The lowest BCUT2D eigenvalue weighted by Gasteiger charge is -2.32. The summed E-state index contributed by atoms with van der Waals surface area (Å²) < 4.78 is 5.38. The molecule has 0 unspecified atom stereocenters. The van der Waals surface area contributed by atoms with Crippen molar-refractivity contribution in [1.82, 2.24) is 4.90 Å². The number of carbonyl (C=O) groups excluding carboxylic acids is 3. The minimum Gasteiger partial charge on any atom is -0.452 e. The maximum absolute atomic E-state index is 12.6. The lowest BCUT2D eigenvalue weighted by atomic mass is 9.94. The van der Waals surface area contributed by atoms with Gasteiger partial charge in [-0.25, -0.2) is 0 Å². The molecule has 3 rings (SSSR count). The molecule has 0 saturated heterocycles. The molecule has 0 saturated carbocycles. The van der Waals surface area contributed by atoms with E-state index in [2.05, 4.69) is 5.32 Å². The van der Waals surface area contributed by atoms with E-state index < -0.39 is 24.0 Å². The third-order valence-corrected chi connectivity index (χ3v) is 5.15. The van der Waals surface area contributed by atoms with Crippen molar-refractivity contribution in [2.45, 2.75) is 46.3 Å². The summed E-state index contributed by atoms with van der Waals surface area (Å²) in [5.41, 5.74) is 4.54. The van der Waals surface area contributed by atoms with Gasteiger partial charge in [0.2, 0.25) is 5.91 Å². The minimum absolute atomic E-state index is 0.0396. The highest BCUT2D eigenvalue weighted by Gasteiger charge is 2.30. The van der Waals surface area contributed by atoms with E-state index in [4.69, 9.17) is 4.74 Å². The molecule has 2 atom stereocenters. The molecule has 1 N–H and O–H groups in total. The van der Waals surface area contributed by atoms with Crippen LogP contribution in [0.5, 0.6) is 0 Å². The number of ether oxygens (including phenoxy) is 1. The van der Waals surface area contributed by atoms with Crippen molar-refractivity contribution in [2.24, 2.45) is 0 Å². The number of fused-ring (bicyclic) bond motifs is 1. The zero-order valence-corrected chi connectivity index (χ0v) is 17.6. The molecule has 0 fully saturated rings. The van der Waals surface area contributed by atoms with Gasteiger partial charge in [0.15, 0.2) is 6.10 Å². The molecule has 2 aromatic rings. The van der Waals surface area contributed by atoms with Crippen LogP contribution in [-0.2, 0) is 19.1 Å². The Balaban J connectivity index is 1.67. The highest BCUT2D eigenvalue weighted by atomic mass is 16.5. The molecule has 0 bridgehead atoms. The number of esters is 1. The van der Waals surface area contributed by atoms with Gasteiger partial charge in [-0.05, 0) is 49.6 Å². The van der Waals surface area contributed by atoms with E-state index in [1.165, 1.54) is 18.7 Å². The fraction of sp³-hybridized carbons (Fsp3) is 0.292. The second-order valence-electron chi connectivity index (χ2n) is 7.53. The van der Waals surface area contributed by atoms with E-state index in [0.717, 1.165) is 22.3 Å². The van der Waals surface area contributed by atoms with Crippen LogP contribution in [0.15, 0.2) is 48.7 Å². The van der Waals surface area contributed by atoms with E-state index in [9.17, 15) is 14.4 Å². The number of carbonyl (C=O) groups is 3. The third kappa shape index (κ3) is 4.76. The van der Waals surface area contributed by atoms with Gasteiger partial charge in [-0.3, -0.25) is 14.4 Å². The zero-order chi connectivity index (χ0) is 21.8. The largest absolute Gasteiger partial charge is 0.452 e. The average molecular weight is 406 g/mol. The first kappa shape index (κ1) is 21.3. The monoisotopic (exact) mass is 406 g/mol. The number of rotatable bonds is 5. The molecule has 6 heteroatoms. The van der Waals surface area contributed by atoms with E-state index in [0.29, 0.717) is 5.69 Å². The summed E-state index contributed by atoms with van der Waals surface area (Å²) in [5.74, 6) is -1.11. The van der Waals surface area contributed by atoms with Crippen molar-refractivity contribution in [3.05, 3.63) is 70.9 Å². The third-order valence-electron chi connectivity index (χ3n) is 5.15. The number of nitrogens with one attached hydrogen (secondary N) is 1. The Labute approximate surface area is 176 Å². The van der Waals surface area contributed by atoms with Gasteiger partial charge in [-0.2, -0.15) is 0 Å². The summed E-state index contributed by atoms with van der Waals surface area (Å²) in [5, 5.41) is 2.80. The van der Waals surface area contributed by atoms with Crippen LogP contribution in [0, 0.1) is 13.8 Å². The highest BCUT2D eigenvalue weighted by molar-refractivity contribution is 5.95. The molecule has 0 spiro atoms. The topological polar surface area (TPSA) is 75.7 Å². The van der Waals surface area contributed by atoms with Crippen LogP contribution >= 0.6 is 0 Å². The van der Waals surface area contributed by atoms with Crippen LogP contribution in [0.3, 0.4) is 0 Å². The Morgan fingerprint density at radius 3 is 2.57 bits per heavy atom. The quantitative estimate of drug-likeness (QED) is 0.758. The number of aryl methyl sites for hydroxylation is 2. The molecule has 0 aromatic heterocycles. The van der Waals surface area contributed by atoms with Crippen LogP contribution in [-0.4, -0.2) is 28.8 Å². The van der Waals surface area contributed by atoms with E-state index in [1.54, 1.807) is 6.20 Å². The predicted molar refractivity (Wildman–Crippen MR) is 115 cm³/mol. The molecule has 0 aliphatic carbocycles. The Kier molecular flexibility index (Phi) is 6.35. The molecule has 2 aromatic carbocycles. The average Bonchev–Trinajstić information content (AvgIpc) is 2.69. The smallest absolute Gasteiger partial charge is 0.309 e. The molecule has 1 heterocycles. The number of hydrogen-bond acceptors (Lipinski definition) is 4. The first-order valence-electron chi connectivity index (χ1n) is 9.90. The maximum Gasteiger partial charge on any atom is 0.309 e. The standard InChI is InChI=1S/C24H26N2O4/c1-15-9-10-21(16(2)13-15)25-24(29)17(3)30-23(28)14-22-20-8-6-5-7-19(20)11-12-26(22)18(4)27/h5-13,17,22H,14H2,1-4H3,(H,25,29)/t17-,22+/m1/s1. The fourth-order valence-corrected chi connectivity index (χ4v) is 3.56. The molecular weight excluding hydrogens is 380 g/mol. The van der Waals surface area contributed by atoms with Crippen LogP contribution in [0.4, 0.5) is 5.69 Å². The van der Waals surface area contributed by atoms with Crippen LogP contribution in [0.1, 0.15) is 48.6 Å². The van der Waals surface area contributed by atoms with Gasteiger partial charge in [-0.15, -0.1) is 0 Å². The number of benzene rings is 2. The molecule has 30 heavy (non-hydrogen) atoms.